The molecule has 23 heavy (non-hydrogen) atoms. The molecule has 0 aliphatic heterocycles. The maximum Gasteiger partial charge on any atom is 0.206 e. The molecule has 0 unspecified atom stereocenters. The van der Waals surface area contributed by atoms with E-state index in [9.17, 15) is 4.39 Å². The van der Waals surface area contributed by atoms with Gasteiger partial charge in [0.15, 0.2) is 4.34 Å². The minimum atomic E-state index is -0.198. The highest BCUT2D eigenvalue weighted by molar-refractivity contribution is 8.00. The molecular formula is C17H24FN3S2. The fourth-order valence-corrected chi connectivity index (χ4v) is 3.90. The standard InChI is InChI=1S/C17H24FN3S2/c1-2-3-4-5-6-7-12-19-16-20-21-17(23-16)22-13-14-8-10-15(18)11-9-14/h8-11H,2-7,12-13H2,1H3,(H,19,20). The highest BCUT2D eigenvalue weighted by atomic mass is 32.2. The summed E-state index contributed by atoms with van der Waals surface area (Å²) in [6.45, 7) is 3.20. The third kappa shape index (κ3) is 7.31. The van der Waals surface area contributed by atoms with Crippen molar-refractivity contribution < 1.29 is 4.39 Å². The molecule has 1 heterocycles. The first-order valence-electron chi connectivity index (χ1n) is 8.22. The molecule has 0 aliphatic carbocycles. The number of anilines is 1. The monoisotopic (exact) mass is 353 g/mol. The third-order valence-corrected chi connectivity index (χ3v) is 5.57. The minimum Gasteiger partial charge on any atom is -0.360 e. The van der Waals surface area contributed by atoms with E-state index in [1.54, 1.807) is 35.2 Å². The molecule has 6 heteroatoms. The smallest absolute Gasteiger partial charge is 0.206 e. The zero-order valence-electron chi connectivity index (χ0n) is 13.6. The minimum absolute atomic E-state index is 0.198. The predicted octanol–water partition coefficient (Wildman–Crippen LogP) is 5.74. The lowest BCUT2D eigenvalue weighted by Gasteiger charge is -2.01. The Morgan fingerprint density at radius 1 is 1.04 bits per heavy atom. The van der Waals surface area contributed by atoms with Crippen LogP contribution >= 0.6 is 23.1 Å². The van der Waals surface area contributed by atoms with E-state index in [1.165, 1.54) is 50.7 Å². The Balaban J connectivity index is 1.62. The fraction of sp³-hybridized carbons (Fsp3) is 0.529. The maximum atomic E-state index is 12.9. The number of benzene rings is 1. The van der Waals surface area contributed by atoms with Crippen LogP contribution in [0.2, 0.25) is 0 Å². The third-order valence-electron chi connectivity index (χ3n) is 3.49. The summed E-state index contributed by atoms with van der Waals surface area (Å²) in [5.74, 6) is 0.586. The summed E-state index contributed by atoms with van der Waals surface area (Å²) in [6, 6.07) is 6.59. The van der Waals surface area contributed by atoms with Crippen LogP contribution in [0, 0.1) is 5.82 Å². The molecule has 0 aliphatic rings. The molecule has 1 aromatic heterocycles. The second kappa shape index (κ2) is 10.6. The summed E-state index contributed by atoms with van der Waals surface area (Å²) in [5, 5.41) is 12.6. The van der Waals surface area contributed by atoms with Crippen LogP contribution < -0.4 is 5.32 Å². The summed E-state index contributed by atoms with van der Waals surface area (Å²) in [4.78, 5) is 0. The van der Waals surface area contributed by atoms with Crippen molar-refractivity contribution in [2.24, 2.45) is 0 Å². The Kier molecular flexibility index (Phi) is 8.39. The molecule has 0 fully saturated rings. The van der Waals surface area contributed by atoms with Crippen LogP contribution in [0.25, 0.3) is 0 Å². The lowest BCUT2D eigenvalue weighted by Crippen LogP contribution is -2.00. The van der Waals surface area contributed by atoms with Gasteiger partial charge in [-0.3, -0.25) is 0 Å². The van der Waals surface area contributed by atoms with Crippen molar-refractivity contribution in [2.75, 3.05) is 11.9 Å². The van der Waals surface area contributed by atoms with E-state index < -0.39 is 0 Å². The topological polar surface area (TPSA) is 37.8 Å². The van der Waals surface area contributed by atoms with Crippen molar-refractivity contribution in [3.63, 3.8) is 0 Å². The normalized spacial score (nSPS) is 10.9. The second-order valence-electron chi connectivity index (χ2n) is 5.48. The van der Waals surface area contributed by atoms with Crippen molar-refractivity contribution in [3.8, 4) is 0 Å². The molecule has 0 spiro atoms. The van der Waals surface area contributed by atoms with E-state index in [0.717, 1.165) is 27.3 Å². The van der Waals surface area contributed by atoms with Crippen molar-refractivity contribution in [1.29, 1.82) is 0 Å². The predicted molar refractivity (Wildman–Crippen MR) is 97.7 cm³/mol. The second-order valence-corrected chi connectivity index (χ2v) is 7.68. The van der Waals surface area contributed by atoms with E-state index in [1.807, 2.05) is 0 Å². The first-order chi connectivity index (χ1) is 11.3. The van der Waals surface area contributed by atoms with Gasteiger partial charge in [0.2, 0.25) is 5.13 Å². The van der Waals surface area contributed by atoms with E-state index in [4.69, 9.17) is 0 Å². The van der Waals surface area contributed by atoms with Crippen molar-refractivity contribution in [1.82, 2.24) is 10.2 Å². The van der Waals surface area contributed by atoms with Gasteiger partial charge >= 0.3 is 0 Å². The number of thioether (sulfide) groups is 1. The van der Waals surface area contributed by atoms with Gasteiger partial charge in [0.1, 0.15) is 5.82 Å². The van der Waals surface area contributed by atoms with Crippen LogP contribution in [-0.2, 0) is 5.75 Å². The average Bonchev–Trinajstić information content (AvgIpc) is 3.01. The van der Waals surface area contributed by atoms with Gasteiger partial charge in [-0.05, 0) is 24.1 Å². The van der Waals surface area contributed by atoms with E-state index in [0.29, 0.717) is 0 Å². The van der Waals surface area contributed by atoms with E-state index in [2.05, 4.69) is 22.4 Å². The summed E-state index contributed by atoms with van der Waals surface area (Å²) in [6.07, 6.45) is 7.77. The van der Waals surface area contributed by atoms with Crippen LogP contribution in [-0.4, -0.2) is 16.7 Å². The molecule has 1 aromatic carbocycles. The largest absolute Gasteiger partial charge is 0.360 e. The Labute approximate surface area is 146 Å². The van der Waals surface area contributed by atoms with Gasteiger partial charge in [0.05, 0.1) is 0 Å². The lowest BCUT2D eigenvalue weighted by molar-refractivity contribution is 0.617. The van der Waals surface area contributed by atoms with Gasteiger partial charge in [-0.2, -0.15) is 0 Å². The molecule has 126 valence electrons. The summed E-state index contributed by atoms with van der Waals surface area (Å²) in [5.41, 5.74) is 1.09. The fourth-order valence-electron chi connectivity index (χ4n) is 2.17. The number of nitrogens with zero attached hydrogens (tertiary/aromatic N) is 2. The molecule has 0 saturated heterocycles. The van der Waals surface area contributed by atoms with E-state index in [-0.39, 0.29) is 5.82 Å². The Bertz CT molecular complexity index is 557. The van der Waals surface area contributed by atoms with Crippen molar-refractivity contribution in [3.05, 3.63) is 35.6 Å². The SMILES string of the molecule is CCCCCCCCNc1nnc(SCc2ccc(F)cc2)s1. The molecule has 0 radical (unpaired) electrons. The van der Waals surface area contributed by atoms with Gasteiger partial charge in [0, 0.05) is 12.3 Å². The van der Waals surface area contributed by atoms with Crippen LogP contribution in [0.4, 0.5) is 9.52 Å². The maximum absolute atomic E-state index is 12.9. The quantitative estimate of drug-likeness (QED) is 0.413. The van der Waals surface area contributed by atoms with Gasteiger partial charge in [0.25, 0.3) is 0 Å². The highest BCUT2D eigenvalue weighted by Gasteiger charge is 2.05. The van der Waals surface area contributed by atoms with Crippen LogP contribution in [0.15, 0.2) is 28.6 Å². The van der Waals surface area contributed by atoms with Gasteiger partial charge in [-0.1, -0.05) is 74.3 Å². The van der Waals surface area contributed by atoms with Gasteiger partial charge < -0.3 is 5.32 Å². The highest BCUT2D eigenvalue weighted by Crippen LogP contribution is 2.28. The molecule has 0 atom stereocenters. The van der Waals surface area contributed by atoms with Gasteiger partial charge in [-0.15, -0.1) is 10.2 Å². The lowest BCUT2D eigenvalue weighted by atomic mass is 10.1. The molecule has 2 aromatic rings. The Morgan fingerprint density at radius 3 is 2.57 bits per heavy atom. The average molecular weight is 354 g/mol. The zero-order chi connectivity index (χ0) is 16.3. The molecule has 3 nitrogen and oxygen atoms in total. The Morgan fingerprint density at radius 2 is 1.78 bits per heavy atom. The molecular weight excluding hydrogens is 329 g/mol. The summed E-state index contributed by atoms with van der Waals surface area (Å²) >= 11 is 3.22. The number of nitrogens with one attached hydrogen (secondary N) is 1. The number of unbranched alkanes of at least 4 members (excludes halogenated alkanes) is 5. The molecule has 2 rings (SSSR count). The molecule has 1 N–H and O–H groups in total. The van der Waals surface area contributed by atoms with Crippen molar-refractivity contribution in [2.45, 2.75) is 55.5 Å². The first kappa shape index (κ1) is 18.2. The number of halogens is 1. The van der Waals surface area contributed by atoms with Crippen LogP contribution in [0.5, 0.6) is 0 Å². The van der Waals surface area contributed by atoms with Crippen molar-refractivity contribution >= 4 is 28.2 Å². The number of aromatic nitrogens is 2. The first-order valence-corrected chi connectivity index (χ1v) is 10.0. The number of hydrogen-bond acceptors (Lipinski definition) is 5. The number of hydrogen-bond donors (Lipinski definition) is 1. The summed E-state index contributed by atoms with van der Waals surface area (Å²) < 4.78 is 13.8. The number of rotatable bonds is 11. The van der Waals surface area contributed by atoms with Crippen LogP contribution in [0.1, 0.15) is 51.0 Å². The van der Waals surface area contributed by atoms with Crippen LogP contribution in [0.3, 0.4) is 0 Å². The summed E-state index contributed by atoms with van der Waals surface area (Å²) in [7, 11) is 0. The Hall–Kier alpha value is -1.14. The zero-order valence-corrected chi connectivity index (χ0v) is 15.2. The molecule has 0 saturated carbocycles. The molecule has 0 amide bonds. The van der Waals surface area contributed by atoms with Gasteiger partial charge in [-0.25, -0.2) is 4.39 Å². The van der Waals surface area contributed by atoms with E-state index >= 15 is 0 Å². The molecule has 0 bridgehead atoms.